The minimum absolute atomic E-state index is 0.120. The minimum atomic E-state index is 0.120. The Morgan fingerprint density at radius 1 is 1.75 bits per heavy atom. The molecule has 0 radical (unpaired) electrons. The zero-order chi connectivity index (χ0) is 5.98. The van der Waals surface area contributed by atoms with Gasteiger partial charge in [0.25, 0.3) is 0 Å². The summed E-state index contributed by atoms with van der Waals surface area (Å²) in [6.07, 6.45) is 2.59. The van der Waals surface area contributed by atoms with Gasteiger partial charge < -0.3 is 9.84 Å². The number of aliphatic hydroxyl groups excluding tert-OH is 1. The van der Waals surface area contributed by atoms with Crippen molar-refractivity contribution in [1.29, 1.82) is 0 Å². The number of ether oxygens (including phenoxy) is 1. The third-order valence-corrected chi connectivity index (χ3v) is 1.63. The summed E-state index contributed by atoms with van der Waals surface area (Å²) in [6.45, 7) is 0.182. The van der Waals surface area contributed by atoms with Gasteiger partial charge in [0, 0.05) is 7.11 Å². The van der Waals surface area contributed by atoms with Crippen LogP contribution in [0.25, 0.3) is 0 Å². The molecular formula is C6H12O2. The average Bonchev–Trinajstić information content (AvgIpc) is 2.53. The van der Waals surface area contributed by atoms with Crippen LogP contribution >= 0.6 is 0 Å². The Morgan fingerprint density at radius 3 is 2.50 bits per heavy atom. The van der Waals surface area contributed by atoms with Gasteiger partial charge in [-0.2, -0.15) is 0 Å². The summed E-state index contributed by atoms with van der Waals surface area (Å²) in [7, 11) is 1.65. The van der Waals surface area contributed by atoms with Crippen molar-refractivity contribution in [3.8, 4) is 0 Å². The van der Waals surface area contributed by atoms with Gasteiger partial charge in [0.05, 0.1) is 12.7 Å². The molecule has 8 heavy (non-hydrogen) atoms. The van der Waals surface area contributed by atoms with Gasteiger partial charge in [0.15, 0.2) is 0 Å². The zero-order valence-corrected chi connectivity index (χ0v) is 5.13. The molecule has 0 bridgehead atoms. The Hall–Kier alpha value is -0.0800. The van der Waals surface area contributed by atoms with Gasteiger partial charge in [-0.15, -0.1) is 0 Å². The highest BCUT2D eigenvalue weighted by atomic mass is 16.5. The molecule has 1 rings (SSSR count). The molecule has 1 saturated carbocycles. The van der Waals surface area contributed by atoms with Gasteiger partial charge in [0.2, 0.25) is 0 Å². The highest BCUT2D eigenvalue weighted by Crippen LogP contribution is 2.33. The summed E-state index contributed by atoms with van der Waals surface area (Å²) in [5.74, 6) is 0.657. The van der Waals surface area contributed by atoms with E-state index in [1.165, 1.54) is 12.8 Å². The third-order valence-electron chi connectivity index (χ3n) is 1.63. The Labute approximate surface area is 49.5 Å². The van der Waals surface area contributed by atoms with Crippen LogP contribution in [-0.2, 0) is 4.74 Å². The molecule has 0 amide bonds. The highest BCUT2D eigenvalue weighted by Gasteiger charge is 2.30. The van der Waals surface area contributed by atoms with E-state index >= 15 is 0 Å². The fourth-order valence-corrected chi connectivity index (χ4v) is 0.884. The Bertz CT molecular complexity index is 64.9. The van der Waals surface area contributed by atoms with Gasteiger partial charge in [-0.05, 0) is 18.8 Å². The molecule has 0 heterocycles. The highest BCUT2D eigenvalue weighted by molar-refractivity contribution is 4.80. The maximum Gasteiger partial charge on any atom is 0.0830 e. The number of rotatable bonds is 3. The van der Waals surface area contributed by atoms with Crippen LogP contribution in [0.2, 0.25) is 0 Å². The Morgan fingerprint density at radius 2 is 2.38 bits per heavy atom. The maximum atomic E-state index is 8.61. The van der Waals surface area contributed by atoms with Crippen LogP contribution < -0.4 is 0 Å². The fourth-order valence-electron chi connectivity index (χ4n) is 0.884. The molecule has 0 aromatic heterocycles. The Balaban J connectivity index is 2.15. The van der Waals surface area contributed by atoms with Crippen LogP contribution in [0.3, 0.4) is 0 Å². The molecule has 48 valence electrons. The second-order valence-corrected chi connectivity index (χ2v) is 2.29. The predicted molar refractivity (Wildman–Crippen MR) is 30.6 cm³/mol. The first-order chi connectivity index (χ1) is 3.88. The van der Waals surface area contributed by atoms with Gasteiger partial charge in [-0.1, -0.05) is 0 Å². The summed E-state index contributed by atoms with van der Waals surface area (Å²) >= 11 is 0. The lowest BCUT2D eigenvalue weighted by molar-refractivity contribution is 0.0340. The van der Waals surface area contributed by atoms with Crippen molar-refractivity contribution in [1.82, 2.24) is 0 Å². The van der Waals surface area contributed by atoms with E-state index in [1.807, 2.05) is 0 Å². The standard InChI is InChI=1S/C6H12O2/c1-8-6(4-7)5-2-3-5/h5-7H,2-4H2,1H3/t6-/m0/s1. The molecule has 1 aliphatic rings. The lowest BCUT2D eigenvalue weighted by Crippen LogP contribution is -2.17. The molecule has 1 fully saturated rings. The molecule has 2 nitrogen and oxygen atoms in total. The molecule has 1 aliphatic carbocycles. The van der Waals surface area contributed by atoms with Crippen molar-refractivity contribution in [2.45, 2.75) is 18.9 Å². The molecular weight excluding hydrogens is 104 g/mol. The van der Waals surface area contributed by atoms with Gasteiger partial charge in [-0.3, -0.25) is 0 Å². The number of methoxy groups -OCH3 is 1. The van der Waals surface area contributed by atoms with Crippen LogP contribution in [0.1, 0.15) is 12.8 Å². The number of aliphatic hydroxyl groups is 1. The largest absolute Gasteiger partial charge is 0.394 e. The first-order valence-electron chi connectivity index (χ1n) is 3.02. The van der Waals surface area contributed by atoms with Crippen molar-refractivity contribution in [3.63, 3.8) is 0 Å². The van der Waals surface area contributed by atoms with E-state index in [0.717, 1.165) is 0 Å². The summed E-state index contributed by atoms with van der Waals surface area (Å²) in [4.78, 5) is 0. The van der Waals surface area contributed by atoms with E-state index in [-0.39, 0.29) is 12.7 Å². The van der Waals surface area contributed by atoms with E-state index in [9.17, 15) is 0 Å². The normalized spacial score (nSPS) is 23.2. The molecule has 1 atom stereocenters. The smallest absolute Gasteiger partial charge is 0.0830 e. The maximum absolute atomic E-state index is 8.61. The number of hydrogen-bond acceptors (Lipinski definition) is 2. The molecule has 0 aliphatic heterocycles. The zero-order valence-electron chi connectivity index (χ0n) is 5.13. The van der Waals surface area contributed by atoms with Gasteiger partial charge in [0.1, 0.15) is 0 Å². The molecule has 0 aromatic carbocycles. The van der Waals surface area contributed by atoms with Crippen LogP contribution in [0.4, 0.5) is 0 Å². The predicted octanol–water partition coefficient (Wildman–Crippen LogP) is 0.404. The first-order valence-corrected chi connectivity index (χ1v) is 3.02. The summed E-state index contributed by atoms with van der Waals surface area (Å²) in [5, 5.41) is 8.61. The van der Waals surface area contributed by atoms with Crippen molar-refractivity contribution in [2.24, 2.45) is 5.92 Å². The molecule has 1 N–H and O–H groups in total. The lowest BCUT2D eigenvalue weighted by atomic mass is 10.2. The fraction of sp³-hybridized carbons (Fsp3) is 1.00. The van der Waals surface area contributed by atoms with Crippen LogP contribution in [0.5, 0.6) is 0 Å². The van der Waals surface area contributed by atoms with Crippen molar-refractivity contribution in [2.75, 3.05) is 13.7 Å². The van der Waals surface area contributed by atoms with E-state index in [4.69, 9.17) is 9.84 Å². The summed E-state index contributed by atoms with van der Waals surface area (Å²) < 4.78 is 4.97. The van der Waals surface area contributed by atoms with Crippen LogP contribution in [0.15, 0.2) is 0 Å². The number of hydrogen-bond donors (Lipinski definition) is 1. The molecule has 0 saturated heterocycles. The first kappa shape index (κ1) is 6.05. The van der Waals surface area contributed by atoms with Crippen molar-refractivity contribution in [3.05, 3.63) is 0 Å². The van der Waals surface area contributed by atoms with Gasteiger partial charge >= 0.3 is 0 Å². The van der Waals surface area contributed by atoms with E-state index in [0.29, 0.717) is 5.92 Å². The average molecular weight is 116 g/mol. The quantitative estimate of drug-likeness (QED) is 0.578. The van der Waals surface area contributed by atoms with E-state index in [1.54, 1.807) is 7.11 Å². The van der Waals surface area contributed by atoms with Gasteiger partial charge in [-0.25, -0.2) is 0 Å². The van der Waals surface area contributed by atoms with Crippen LogP contribution in [0, 0.1) is 5.92 Å². The van der Waals surface area contributed by atoms with Crippen molar-refractivity contribution < 1.29 is 9.84 Å². The lowest BCUT2D eigenvalue weighted by Gasteiger charge is -2.08. The minimum Gasteiger partial charge on any atom is -0.394 e. The topological polar surface area (TPSA) is 29.5 Å². The van der Waals surface area contributed by atoms with E-state index in [2.05, 4.69) is 0 Å². The molecule has 0 spiro atoms. The summed E-state index contributed by atoms with van der Waals surface area (Å²) in [5.41, 5.74) is 0. The molecule has 0 aromatic rings. The van der Waals surface area contributed by atoms with Crippen molar-refractivity contribution >= 4 is 0 Å². The van der Waals surface area contributed by atoms with Crippen LogP contribution in [-0.4, -0.2) is 24.9 Å². The summed E-state index contributed by atoms with van der Waals surface area (Å²) in [6, 6.07) is 0. The molecule has 2 heteroatoms. The Kier molecular flexibility index (Phi) is 1.86. The monoisotopic (exact) mass is 116 g/mol. The SMILES string of the molecule is CO[C@@H](CO)C1CC1. The second kappa shape index (κ2) is 2.46. The second-order valence-electron chi connectivity index (χ2n) is 2.29. The third kappa shape index (κ3) is 1.20. The van der Waals surface area contributed by atoms with E-state index < -0.39 is 0 Å². The molecule has 0 unspecified atom stereocenters.